The number of esters is 1. The van der Waals surface area contributed by atoms with E-state index in [1.807, 2.05) is 36.4 Å². The van der Waals surface area contributed by atoms with Gasteiger partial charge in [0, 0.05) is 16.5 Å². The van der Waals surface area contributed by atoms with Gasteiger partial charge in [0.15, 0.2) is 0 Å². The Hall–Kier alpha value is -4.15. The van der Waals surface area contributed by atoms with Crippen LogP contribution in [0.1, 0.15) is 35.2 Å². The number of nitrogens with zero attached hydrogens (tertiary/aromatic N) is 1. The van der Waals surface area contributed by atoms with E-state index >= 15 is 0 Å². The molecule has 2 N–H and O–H groups in total. The summed E-state index contributed by atoms with van der Waals surface area (Å²) < 4.78 is 30.0. The van der Waals surface area contributed by atoms with Crippen molar-refractivity contribution in [3.05, 3.63) is 89.2 Å². The Labute approximate surface area is 202 Å². The van der Waals surface area contributed by atoms with Crippen LogP contribution in [0.4, 0.5) is 4.39 Å². The van der Waals surface area contributed by atoms with Gasteiger partial charge in [0.1, 0.15) is 24.6 Å². The third-order valence-corrected chi connectivity index (χ3v) is 5.63. The minimum absolute atomic E-state index is 0.0442. The lowest BCUT2D eigenvalue weighted by atomic mass is 9.97. The molecule has 35 heavy (non-hydrogen) atoms. The second-order valence-electron chi connectivity index (χ2n) is 8.07. The highest BCUT2D eigenvalue weighted by atomic mass is 19.1. The van der Waals surface area contributed by atoms with Gasteiger partial charge in [-0.05, 0) is 60.0 Å². The maximum absolute atomic E-state index is 13.1. The highest BCUT2D eigenvalue weighted by molar-refractivity contribution is 5.93. The summed E-state index contributed by atoms with van der Waals surface area (Å²) in [6.07, 6.45) is 1.66. The molecule has 0 aliphatic heterocycles. The quantitative estimate of drug-likeness (QED) is 0.317. The number of nitriles is 1. The average molecular weight is 473 g/mol. The Balaban J connectivity index is 1.66. The molecule has 0 aliphatic carbocycles. The van der Waals surface area contributed by atoms with Crippen molar-refractivity contribution in [3.63, 3.8) is 0 Å². The van der Waals surface area contributed by atoms with Crippen molar-refractivity contribution in [2.75, 3.05) is 13.3 Å². The highest BCUT2D eigenvalue weighted by Crippen LogP contribution is 2.33. The third kappa shape index (κ3) is 5.51. The fraction of sp³-hybridized carbons (Fsp3) is 0.214. The second kappa shape index (κ2) is 10.9. The first-order valence-electron chi connectivity index (χ1n) is 11.3. The summed E-state index contributed by atoms with van der Waals surface area (Å²) in [6.45, 7) is 1.58. The van der Waals surface area contributed by atoms with E-state index in [0.29, 0.717) is 28.0 Å². The van der Waals surface area contributed by atoms with Crippen LogP contribution >= 0.6 is 0 Å². The van der Waals surface area contributed by atoms with Crippen LogP contribution in [-0.2, 0) is 22.6 Å². The number of hydrogen-bond donors (Lipinski definition) is 1. The minimum atomic E-state index is -0.696. The molecule has 0 radical (unpaired) electrons. The molecule has 1 aromatic heterocycles. The van der Waals surface area contributed by atoms with Gasteiger partial charge in [0.2, 0.25) is 0 Å². The van der Waals surface area contributed by atoms with Gasteiger partial charge >= 0.3 is 5.97 Å². The van der Waals surface area contributed by atoms with E-state index in [-0.39, 0.29) is 25.6 Å². The monoisotopic (exact) mass is 472 g/mol. The van der Waals surface area contributed by atoms with E-state index in [9.17, 15) is 14.4 Å². The average Bonchev–Trinajstić information content (AvgIpc) is 3.36. The Morgan fingerprint density at radius 1 is 1.17 bits per heavy atom. The molecule has 178 valence electrons. The third-order valence-electron chi connectivity index (χ3n) is 5.63. The molecule has 1 heterocycles. The van der Waals surface area contributed by atoms with Gasteiger partial charge < -0.3 is 19.6 Å². The zero-order valence-corrected chi connectivity index (χ0v) is 19.3. The van der Waals surface area contributed by atoms with Gasteiger partial charge in [0.05, 0.1) is 37.0 Å². The van der Waals surface area contributed by atoms with Crippen molar-refractivity contribution in [1.29, 1.82) is 5.26 Å². The summed E-state index contributed by atoms with van der Waals surface area (Å²) in [5.74, 6) is 0.0809. The number of benzene rings is 3. The number of fused-ring (bicyclic) bond motifs is 1. The molecule has 1 atom stereocenters. The van der Waals surface area contributed by atoms with Crippen molar-refractivity contribution in [2.45, 2.75) is 26.0 Å². The SMILES string of the molecule is CCOC(=O)Cc1ccc(C#N)cc1OCc1cc(-c2cccc(C(N)CF)c2)c2occc2c1. The number of carbonyl (C=O) groups is 1. The first-order valence-corrected chi connectivity index (χ1v) is 11.3. The summed E-state index contributed by atoms with van der Waals surface area (Å²) in [7, 11) is 0. The van der Waals surface area contributed by atoms with Gasteiger partial charge in [-0.1, -0.05) is 24.3 Å². The summed E-state index contributed by atoms with van der Waals surface area (Å²) in [5.41, 5.74) is 10.9. The maximum atomic E-state index is 13.1. The Bertz CT molecular complexity index is 1390. The second-order valence-corrected chi connectivity index (χ2v) is 8.07. The minimum Gasteiger partial charge on any atom is -0.489 e. The molecule has 0 bridgehead atoms. The van der Waals surface area contributed by atoms with Gasteiger partial charge in [-0.2, -0.15) is 5.26 Å². The maximum Gasteiger partial charge on any atom is 0.310 e. The lowest BCUT2D eigenvalue weighted by Gasteiger charge is -2.14. The van der Waals surface area contributed by atoms with Gasteiger partial charge in [-0.15, -0.1) is 0 Å². The number of carbonyl (C=O) groups excluding carboxylic acids is 1. The van der Waals surface area contributed by atoms with Crippen molar-refractivity contribution in [3.8, 4) is 22.9 Å². The fourth-order valence-corrected chi connectivity index (χ4v) is 3.90. The molecule has 0 fully saturated rings. The van der Waals surface area contributed by atoms with Crippen molar-refractivity contribution >= 4 is 16.9 Å². The summed E-state index contributed by atoms with van der Waals surface area (Å²) in [4.78, 5) is 12.0. The number of furan rings is 1. The topological polar surface area (TPSA) is 98.5 Å². The number of nitrogens with two attached hydrogens (primary N) is 1. The van der Waals surface area contributed by atoms with Crippen molar-refractivity contribution in [2.24, 2.45) is 5.73 Å². The highest BCUT2D eigenvalue weighted by Gasteiger charge is 2.15. The van der Waals surface area contributed by atoms with E-state index in [2.05, 4.69) is 6.07 Å². The number of alkyl halides is 1. The van der Waals surface area contributed by atoms with Crippen LogP contribution < -0.4 is 10.5 Å². The lowest BCUT2D eigenvalue weighted by Crippen LogP contribution is -2.11. The Morgan fingerprint density at radius 3 is 2.80 bits per heavy atom. The predicted octanol–water partition coefficient (Wildman–Crippen LogP) is 5.63. The number of rotatable bonds is 9. The Morgan fingerprint density at radius 2 is 2.03 bits per heavy atom. The molecule has 0 saturated carbocycles. The molecule has 0 amide bonds. The molecule has 0 spiro atoms. The van der Waals surface area contributed by atoms with E-state index in [0.717, 1.165) is 22.1 Å². The summed E-state index contributed by atoms with van der Waals surface area (Å²) >= 11 is 0. The molecular weight excluding hydrogens is 447 g/mol. The van der Waals surface area contributed by atoms with Gasteiger partial charge in [0.25, 0.3) is 0 Å². The van der Waals surface area contributed by atoms with Crippen LogP contribution in [0.25, 0.3) is 22.1 Å². The molecule has 4 aromatic rings. The lowest BCUT2D eigenvalue weighted by molar-refractivity contribution is -0.142. The number of hydrogen-bond acceptors (Lipinski definition) is 6. The van der Waals surface area contributed by atoms with Gasteiger partial charge in [-0.25, -0.2) is 4.39 Å². The first kappa shape index (κ1) is 24.0. The molecule has 6 nitrogen and oxygen atoms in total. The predicted molar refractivity (Wildman–Crippen MR) is 130 cm³/mol. The zero-order chi connectivity index (χ0) is 24.8. The Kier molecular flexibility index (Phi) is 7.44. The van der Waals surface area contributed by atoms with Crippen molar-refractivity contribution < 1.29 is 23.1 Å². The van der Waals surface area contributed by atoms with Crippen LogP contribution in [-0.4, -0.2) is 19.3 Å². The van der Waals surface area contributed by atoms with E-state index in [4.69, 9.17) is 19.6 Å². The number of halogens is 1. The first-order chi connectivity index (χ1) is 17.0. The van der Waals surface area contributed by atoms with Gasteiger partial charge in [-0.3, -0.25) is 4.79 Å². The zero-order valence-electron chi connectivity index (χ0n) is 19.3. The van der Waals surface area contributed by atoms with Crippen LogP contribution in [0.2, 0.25) is 0 Å². The molecule has 1 unspecified atom stereocenters. The fourth-order valence-electron chi connectivity index (χ4n) is 3.90. The molecule has 0 saturated heterocycles. The standard InChI is InChI=1S/C28H25FN2O4/c1-2-33-27(32)14-22-7-6-18(16-30)12-26(22)35-17-19-10-23-8-9-34-28(23)24(11-19)20-4-3-5-21(13-20)25(31)15-29/h3-13,25H,2,14-15,17,31H2,1H3. The van der Waals surface area contributed by atoms with Crippen LogP contribution in [0, 0.1) is 11.3 Å². The normalized spacial score (nSPS) is 11.7. The van der Waals surface area contributed by atoms with Crippen LogP contribution in [0.5, 0.6) is 5.75 Å². The molecule has 7 heteroatoms. The smallest absolute Gasteiger partial charge is 0.310 e. The summed E-state index contributed by atoms with van der Waals surface area (Å²) in [5, 5.41) is 10.2. The van der Waals surface area contributed by atoms with E-state index in [1.54, 1.807) is 37.5 Å². The van der Waals surface area contributed by atoms with Crippen LogP contribution in [0.3, 0.4) is 0 Å². The van der Waals surface area contributed by atoms with Crippen molar-refractivity contribution in [1.82, 2.24) is 0 Å². The molecule has 4 rings (SSSR count). The largest absolute Gasteiger partial charge is 0.489 e. The van der Waals surface area contributed by atoms with E-state index in [1.165, 1.54) is 0 Å². The molecule has 3 aromatic carbocycles. The summed E-state index contributed by atoms with van der Waals surface area (Å²) in [6, 6.07) is 19.6. The molecule has 0 aliphatic rings. The van der Waals surface area contributed by atoms with E-state index < -0.39 is 12.7 Å². The molecular formula is C28H25FN2O4. The number of ether oxygens (including phenoxy) is 2. The van der Waals surface area contributed by atoms with Crippen LogP contribution in [0.15, 0.2) is 71.3 Å².